The van der Waals surface area contributed by atoms with Gasteiger partial charge < -0.3 is 4.74 Å². The van der Waals surface area contributed by atoms with Crippen LogP contribution < -0.4 is 0 Å². The van der Waals surface area contributed by atoms with Gasteiger partial charge in [0.05, 0.1) is 23.9 Å². The molecule has 0 N–H and O–H groups in total. The van der Waals surface area contributed by atoms with Crippen LogP contribution in [0.2, 0.25) is 0 Å². The molecule has 7 heteroatoms. The number of thioether (sulfide) groups is 1. The molecule has 1 aromatic carbocycles. The van der Waals surface area contributed by atoms with Gasteiger partial charge in [0.15, 0.2) is 0 Å². The molecule has 3 aromatic heterocycles. The Morgan fingerprint density at radius 2 is 1.94 bits per heavy atom. The molecule has 5 rings (SSSR count). The predicted octanol–water partition coefficient (Wildman–Crippen LogP) is 7.31. The molecule has 0 aliphatic heterocycles. The summed E-state index contributed by atoms with van der Waals surface area (Å²) in [6, 6.07) is 18.1. The molecule has 0 radical (unpaired) electrons. The maximum absolute atomic E-state index is 11.7. The van der Waals surface area contributed by atoms with Gasteiger partial charge in [-0.2, -0.15) is 5.26 Å². The fourth-order valence-electron chi connectivity index (χ4n) is 4.08. The molecule has 0 unspecified atom stereocenters. The molecule has 4 nitrogen and oxygen atoms in total. The van der Waals surface area contributed by atoms with Gasteiger partial charge in [-0.25, -0.2) is 9.78 Å². The second kappa shape index (κ2) is 9.98. The number of carbonyl (C=O) groups is 1. The molecule has 0 saturated heterocycles. The van der Waals surface area contributed by atoms with Crippen molar-refractivity contribution in [3.05, 3.63) is 92.1 Å². The Morgan fingerprint density at radius 1 is 1.15 bits per heavy atom. The van der Waals surface area contributed by atoms with Gasteiger partial charge in [0.25, 0.3) is 0 Å². The fraction of sp³-hybridized carbons (Fsp3) is 0.148. The summed E-state index contributed by atoms with van der Waals surface area (Å²) in [6.07, 6.45) is 4.04. The summed E-state index contributed by atoms with van der Waals surface area (Å²) < 4.78 is 4.78. The summed E-state index contributed by atoms with van der Waals surface area (Å²) in [5, 5.41) is 15.0. The van der Waals surface area contributed by atoms with Crippen molar-refractivity contribution in [1.82, 2.24) is 4.98 Å². The number of thiophene rings is 2. The Bertz CT molecular complexity index is 1400. The Kier molecular flexibility index (Phi) is 6.63. The lowest BCUT2D eigenvalue weighted by Gasteiger charge is -2.14. The van der Waals surface area contributed by atoms with Crippen LogP contribution in [0.1, 0.15) is 44.0 Å². The van der Waals surface area contributed by atoms with Crippen LogP contribution in [-0.4, -0.2) is 18.1 Å². The second-order valence-electron chi connectivity index (χ2n) is 7.75. The summed E-state index contributed by atoms with van der Waals surface area (Å²) in [4.78, 5) is 19.1. The van der Waals surface area contributed by atoms with Gasteiger partial charge in [0.1, 0.15) is 11.1 Å². The van der Waals surface area contributed by atoms with E-state index in [1.165, 1.54) is 23.1 Å². The summed E-state index contributed by atoms with van der Waals surface area (Å²) in [7, 11) is 1.38. The molecule has 1 aliphatic carbocycles. The molecular formula is C27H20N2O2S3. The highest BCUT2D eigenvalue weighted by atomic mass is 32.2. The molecule has 4 aromatic rings. The number of aromatic nitrogens is 1. The van der Waals surface area contributed by atoms with Gasteiger partial charge in [-0.05, 0) is 70.6 Å². The van der Waals surface area contributed by atoms with Crippen molar-refractivity contribution in [2.45, 2.75) is 23.6 Å². The predicted molar refractivity (Wildman–Crippen MR) is 140 cm³/mol. The topological polar surface area (TPSA) is 63.0 Å². The normalized spacial score (nSPS) is 13.6. The number of carbonyl (C=O) groups excluding carboxylic acids is 1. The first-order valence-electron chi connectivity index (χ1n) is 10.7. The van der Waals surface area contributed by atoms with Crippen molar-refractivity contribution < 1.29 is 9.53 Å². The number of pyridine rings is 1. The zero-order valence-electron chi connectivity index (χ0n) is 18.4. The summed E-state index contributed by atoms with van der Waals surface area (Å²) in [5.74, 6) is 0.298. The van der Waals surface area contributed by atoms with E-state index in [-0.39, 0.29) is 5.97 Å². The minimum atomic E-state index is -0.350. The minimum absolute atomic E-state index is 0.350. The van der Waals surface area contributed by atoms with Gasteiger partial charge in [0, 0.05) is 21.1 Å². The Hall–Kier alpha value is -3.18. The van der Waals surface area contributed by atoms with E-state index in [2.05, 4.69) is 41.1 Å². The molecule has 168 valence electrons. The van der Waals surface area contributed by atoms with E-state index in [1.807, 2.05) is 18.2 Å². The van der Waals surface area contributed by atoms with Crippen LogP contribution >= 0.6 is 34.4 Å². The van der Waals surface area contributed by atoms with Crippen molar-refractivity contribution >= 4 is 52.1 Å². The van der Waals surface area contributed by atoms with Crippen molar-refractivity contribution in [3.8, 4) is 16.5 Å². The summed E-state index contributed by atoms with van der Waals surface area (Å²) in [5.41, 5.74) is 6.66. The molecule has 3 heterocycles. The molecule has 0 spiro atoms. The van der Waals surface area contributed by atoms with Crippen LogP contribution in [0, 0.1) is 11.3 Å². The number of benzene rings is 1. The van der Waals surface area contributed by atoms with E-state index in [1.54, 1.807) is 46.6 Å². The Morgan fingerprint density at radius 3 is 2.62 bits per heavy atom. The third kappa shape index (κ3) is 4.45. The summed E-state index contributed by atoms with van der Waals surface area (Å²) in [6.45, 7) is 0. The maximum Gasteiger partial charge on any atom is 0.337 e. The van der Waals surface area contributed by atoms with E-state index in [0.717, 1.165) is 39.6 Å². The number of ether oxygens (including phenoxy) is 1. The number of hydrogen-bond donors (Lipinski definition) is 0. The highest BCUT2D eigenvalue weighted by Gasteiger charge is 2.27. The van der Waals surface area contributed by atoms with Gasteiger partial charge in [-0.3, -0.25) is 0 Å². The minimum Gasteiger partial charge on any atom is -0.465 e. The molecule has 34 heavy (non-hydrogen) atoms. The van der Waals surface area contributed by atoms with E-state index < -0.39 is 0 Å². The lowest BCUT2D eigenvalue weighted by atomic mass is 10.0. The number of nitrogens with zero attached hydrogens (tertiary/aromatic N) is 2. The third-order valence-corrected chi connectivity index (χ3v) is 8.46. The molecular weight excluding hydrogens is 481 g/mol. The lowest BCUT2D eigenvalue weighted by molar-refractivity contribution is 0.0600. The van der Waals surface area contributed by atoms with E-state index in [9.17, 15) is 10.1 Å². The van der Waals surface area contributed by atoms with Crippen molar-refractivity contribution in [2.75, 3.05) is 7.11 Å². The quantitative estimate of drug-likeness (QED) is 0.205. The van der Waals surface area contributed by atoms with E-state index in [0.29, 0.717) is 16.9 Å². The SMILES string of the molecule is COC(=O)c1ccc(CSc2nc3c(c(-c4cccs4)c2C#N)CC/C3=C/c2cccs2)cc1. The van der Waals surface area contributed by atoms with Crippen LogP contribution in [0.5, 0.6) is 0 Å². The van der Waals surface area contributed by atoms with Crippen molar-refractivity contribution in [1.29, 1.82) is 5.26 Å². The second-order valence-corrected chi connectivity index (χ2v) is 10.6. The average Bonchev–Trinajstić information content (AvgIpc) is 3.65. The molecule has 0 saturated carbocycles. The number of rotatable bonds is 6. The molecule has 0 bridgehead atoms. The third-order valence-electron chi connectivity index (χ3n) is 5.70. The molecule has 0 fully saturated rings. The number of hydrogen-bond acceptors (Lipinski definition) is 7. The molecule has 0 atom stereocenters. The summed E-state index contributed by atoms with van der Waals surface area (Å²) >= 11 is 4.94. The van der Waals surface area contributed by atoms with Crippen LogP contribution in [-0.2, 0) is 16.9 Å². The largest absolute Gasteiger partial charge is 0.465 e. The molecule has 0 amide bonds. The van der Waals surface area contributed by atoms with Crippen molar-refractivity contribution in [3.63, 3.8) is 0 Å². The van der Waals surface area contributed by atoms with E-state index in [4.69, 9.17) is 9.72 Å². The van der Waals surface area contributed by atoms with Crippen LogP contribution in [0.25, 0.3) is 22.1 Å². The molecule has 1 aliphatic rings. The number of allylic oxidation sites excluding steroid dienone is 1. The highest BCUT2D eigenvalue weighted by molar-refractivity contribution is 7.98. The fourth-order valence-corrected chi connectivity index (χ4v) is 6.51. The smallest absolute Gasteiger partial charge is 0.337 e. The first-order valence-corrected chi connectivity index (χ1v) is 13.5. The van der Waals surface area contributed by atoms with Gasteiger partial charge >= 0.3 is 5.97 Å². The zero-order chi connectivity index (χ0) is 23.5. The monoisotopic (exact) mass is 500 g/mol. The van der Waals surface area contributed by atoms with Crippen molar-refractivity contribution in [2.24, 2.45) is 0 Å². The number of esters is 1. The number of methoxy groups -OCH3 is 1. The van der Waals surface area contributed by atoms with Crippen LogP contribution in [0.3, 0.4) is 0 Å². The zero-order valence-corrected chi connectivity index (χ0v) is 20.9. The maximum atomic E-state index is 11.7. The standard InChI is InChI=1S/C27H20N2O2S3/c1-31-27(30)18-8-6-17(7-9-18)16-34-26-22(15-28)24(23-5-3-13-33-23)21-11-10-19(25(21)29-26)14-20-4-2-12-32-20/h2-9,12-14H,10-11,16H2,1H3/b19-14-. The first kappa shape index (κ1) is 22.6. The van der Waals surface area contributed by atoms with Gasteiger partial charge in [-0.1, -0.05) is 24.3 Å². The van der Waals surface area contributed by atoms with Crippen LogP contribution in [0.4, 0.5) is 0 Å². The average molecular weight is 501 g/mol. The Labute approximate surface area is 210 Å². The van der Waals surface area contributed by atoms with E-state index >= 15 is 0 Å². The first-order chi connectivity index (χ1) is 16.7. The van der Waals surface area contributed by atoms with Gasteiger partial charge in [-0.15, -0.1) is 34.4 Å². The highest BCUT2D eigenvalue weighted by Crippen LogP contribution is 2.44. The Balaban J connectivity index is 1.54. The van der Waals surface area contributed by atoms with Crippen LogP contribution in [0.15, 0.2) is 64.3 Å². The lowest BCUT2D eigenvalue weighted by Crippen LogP contribution is -2.01. The number of fused-ring (bicyclic) bond motifs is 1. The van der Waals surface area contributed by atoms with Gasteiger partial charge in [0.2, 0.25) is 0 Å². The number of nitriles is 1.